The lowest BCUT2D eigenvalue weighted by atomic mass is 9.86. The van der Waals surface area contributed by atoms with Gasteiger partial charge in [0.25, 0.3) is 15.9 Å². The summed E-state index contributed by atoms with van der Waals surface area (Å²) in [6.45, 7) is 7.68. The number of sulfonamides is 1. The molecule has 7 nitrogen and oxygen atoms in total. The topological polar surface area (TPSA) is 88.1 Å². The molecule has 3 rings (SSSR count). The Morgan fingerprint density at radius 2 is 1.67 bits per heavy atom. The third kappa shape index (κ3) is 6.65. The third-order valence-corrected chi connectivity index (χ3v) is 7.57. The number of anilines is 1. The first kappa shape index (κ1) is 27.2. The monoisotopic (exact) mass is 527 g/mol. The second-order valence-electron chi connectivity index (χ2n) is 9.23. The predicted octanol–water partition coefficient (Wildman–Crippen LogP) is 5.38. The summed E-state index contributed by atoms with van der Waals surface area (Å²) in [5, 5.41) is 4.52. The Labute approximate surface area is 217 Å². The van der Waals surface area contributed by atoms with E-state index < -0.39 is 22.5 Å². The second-order valence-corrected chi connectivity index (χ2v) is 11.5. The maximum absolute atomic E-state index is 13.5. The number of nitrogens with one attached hydrogen (secondary N) is 1. The van der Waals surface area contributed by atoms with E-state index in [4.69, 9.17) is 16.3 Å². The average molecular weight is 528 g/mol. The van der Waals surface area contributed by atoms with Crippen LogP contribution in [-0.4, -0.2) is 33.7 Å². The molecule has 9 heteroatoms. The number of rotatable bonds is 8. The predicted molar refractivity (Wildman–Crippen MR) is 144 cm³/mol. The zero-order valence-corrected chi connectivity index (χ0v) is 22.5. The van der Waals surface area contributed by atoms with E-state index in [0.29, 0.717) is 16.5 Å². The molecular weight excluding hydrogens is 498 g/mol. The highest BCUT2D eigenvalue weighted by atomic mass is 35.5. The smallest absolute Gasteiger partial charge is 0.264 e. The zero-order valence-electron chi connectivity index (χ0n) is 20.9. The number of benzene rings is 3. The van der Waals surface area contributed by atoms with Crippen molar-refractivity contribution < 1.29 is 17.9 Å². The van der Waals surface area contributed by atoms with Crippen LogP contribution in [0, 0.1) is 0 Å². The number of carbonyl (C=O) groups excluding carboxylic acids is 1. The van der Waals surface area contributed by atoms with E-state index in [1.165, 1.54) is 30.9 Å². The van der Waals surface area contributed by atoms with Crippen LogP contribution in [0.5, 0.6) is 5.75 Å². The number of carbonyl (C=O) groups is 1. The van der Waals surface area contributed by atoms with Gasteiger partial charge in [0.05, 0.1) is 23.4 Å². The highest BCUT2D eigenvalue weighted by Gasteiger charge is 2.27. The van der Waals surface area contributed by atoms with Gasteiger partial charge in [-0.2, -0.15) is 5.10 Å². The molecule has 0 aliphatic rings. The summed E-state index contributed by atoms with van der Waals surface area (Å²) in [4.78, 5) is 12.8. The highest BCUT2D eigenvalue weighted by Crippen LogP contribution is 2.27. The molecule has 0 saturated carbocycles. The van der Waals surface area contributed by atoms with Gasteiger partial charge in [0.15, 0.2) is 0 Å². The molecule has 0 aliphatic heterocycles. The lowest BCUT2D eigenvalue weighted by Gasteiger charge is -2.24. The lowest BCUT2D eigenvalue weighted by Crippen LogP contribution is -2.39. The van der Waals surface area contributed by atoms with Gasteiger partial charge in [0, 0.05) is 5.02 Å². The van der Waals surface area contributed by atoms with Gasteiger partial charge in [-0.1, -0.05) is 62.7 Å². The van der Waals surface area contributed by atoms with Crippen LogP contribution in [0.3, 0.4) is 0 Å². The van der Waals surface area contributed by atoms with Crippen molar-refractivity contribution in [1.29, 1.82) is 0 Å². The fraction of sp³-hybridized carbons (Fsp3) is 0.259. The maximum Gasteiger partial charge on any atom is 0.264 e. The van der Waals surface area contributed by atoms with Gasteiger partial charge >= 0.3 is 0 Å². The van der Waals surface area contributed by atoms with Crippen molar-refractivity contribution in [2.45, 2.75) is 38.0 Å². The van der Waals surface area contributed by atoms with Gasteiger partial charge in [0.1, 0.15) is 12.3 Å². The first-order valence-corrected chi connectivity index (χ1v) is 13.1. The van der Waals surface area contributed by atoms with Crippen molar-refractivity contribution in [3.63, 3.8) is 0 Å². The molecule has 0 unspecified atom stereocenters. The summed E-state index contributed by atoms with van der Waals surface area (Å²) in [5.74, 6) is -0.0842. The Morgan fingerprint density at radius 1 is 1.03 bits per heavy atom. The summed E-state index contributed by atoms with van der Waals surface area (Å²) in [6.07, 6.45) is 0. The van der Waals surface area contributed by atoms with Crippen molar-refractivity contribution in [1.82, 2.24) is 5.43 Å². The van der Waals surface area contributed by atoms with Crippen molar-refractivity contribution in [3.05, 3.63) is 88.9 Å². The van der Waals surface area contributed by atoms with Crippen LogP contribution in [0.4, 0.5) is 5.69 Å². The molecule has 1 amide bonds. The van der Waals surface area contributed by atoms with Crippen molar-refractivity contribution >= 4 is 38.9 Å². The Hall–Kier alpha value is -3.36. The first-order valence-electron chi connectivity index (χ1n) is 11.3. The minimum Gasteiger partial charge on any atom is -0.497 e. The Bertz CT molecular complexity index is 1350. The van der Waals surface area contributed by atoms with E-state index in [0.717, 1.165) is 9.87 Å². The van der Waals surface area contributed by atoms with Crippen molar-refractivity contribution in [2.75, 3.05) is 18.0 Å². The number of hydrogen-bond donors (Lipinski definition) is 1. The molecule has 1 N–H and O–H groups in total. The van der Waals surface area contributed by atoms with Crippen LogP contribution in [0.25, 0.3) is 0 Å². The zero-order chi connectivity index (χ0) is 26.5. The molecule has 3 aromatic carbocycles. The number of hydrogen-bond acceptors (Lipinski definition) is 5. The van der Waals surface area contributed by atoms with Crippen molar-refractivity contribution in [2.24, 2.45) is 5.10 Å². The van der Waals surface area contributed by atoms with Gasteiger partial charge in [0.2, 0.25) is 0 Å². The summed E-state index contributed by atoms with van der Waals surface area (Å²) in [6, 6.07) is 20.2. The molecule has 0 saturated heterocycles. The molecule has 36 heavy (non-hydrogen) atoms. The van der Waals surface area contributed by atoms with Gasteiger partial charge in [-0.05, 0) is 65.9 Å². The van der Waals surface area contributed by atoms with E-state index in [2.05, 4.69) is 31.3 Å². The normalized spacial score (nSPS) is 12.2. The van der Waals surface area contributed by atoms with Crippen LogP contribution >= 0.6 is 11.6 Å². The molecule has 0 aromatic heterocycles. The third-order valence-electron chi connectivity index (χ3n) is 5.55. The lowest BCUT2D eigenvalue weighted by molar-refractivity contribution is -0.119. The van der Waals surface area contributed by atoms with E-state index in [-0.39, 0.29) is 16.0 Å². The molecule has 0 heterocycles. The van der Waals surface area contributed by atoms with Gasteiger partial charge < -0.3 is 4.74 Å². The summed E-state index contributed by atoms with van der Waals surface area (Å²) >= 11 is 6.11. The SMILES string of the molecule is COc1ccc(S(=O)(=O)N(CC(=O)N/N=C(/C)c2ccc(C(C)(C)C)cc2)c2cccc(Cl)c2)cc1. The fourth-order valence-corrected chi connectivity index (χ4v) is 5.01. The highest BCUT2D eigenvalue weighted by molar-refractivity contribution is 7.92. The van der Waals surface area contributed by atoms with Gasteiger partial charge in [-0.15, -0.1) is 0 Å². The number of nitrogens with zero attached hydrogens (tertiary/aromatic N) is 2. The van der Waals surface area contributed by atoms with Crippen molar-refractivity contribution in [3.8, 4) is 5.75 Å². The number of methoxy groups -OCH3 is 1. The quantitative estimate of drug-likeness (QED) is 0.314. The van der Waals surface area contributed by atoms with E-state index in [9.17, 15) is 13.2 Å². The minimum atomic E-state index is -4.09. The first-order chi connectivity index (χ1) is 16.9. The summed E-state index contributed by atoms with van der Waals surface area (Å²) in [5.41, 5.74) is 5.38. The fourth-order valence-electron chi connectivity index (χ4n) is 3.41. The maximum atomic E-state index is 13.5. The minimum absolute atomic E-state index is 0.00898. The van der Waals surface area contributed by atoms with E-state index in [1.54, 1.807) is 37.3 Å². The number of amides is 1. The van der Waals surface area contributed by atoms with Crippen LogP contribution < -0.4 is 14.5 Å². The van der Waals surface area contributed by atoms with Crippen LogP contribution in [0.2, 0.25) is 5.02 Å². The van der Waals surface area contributed by atoms with Crippen LogP contribution in [0.15, 0.2) is 82.8 Å². The molecule has 0 radical (unpaired) electrons. The van der Waals surface area contributed by atoms with E-state index >= 15 is 0 Å². The summed E-state index contributed by atoms with van der Waals surface area (Å²) < 4.78 is 33.1. The standard InChI is InChI=1S/C27H30ClN3O4S/c1-19(20-9-11-21(12-10-20)27(2,3)4)29-30-26(32)18-31(23-8-6-7-22(28)17-23)36(33,34)25-15-13-24(35-5)14-16-25/h6-17H,18H2,1-5H3,(H,30,32)/b29-19-. The number of hydrazone groups is 1. The molecule has 3 aromatic rings. The number of ether oxygens (including phenoxy) is 1. The molecule has 0 spiro atoms. The Kier molecular flexibility index (Phi) is 8.43. The molecule has 0 aliphatic carbocycles. The molecule has 190 valence electrons. The molecule has 0 bridgehead atoms. The molecule has 0 fully saturated rings. The largest absolute Gasteiger partial charge is 0.497 e. The van der Waals surface area contributed by atoms with E-state index in [1.807, 2.05) is 24.3 Å². The van der Waals surface area contributed by atoms with Gasteiger partial charge in [-0.25, -0.2) is 13.8 Å². The Balaban J connectivity index is 1.84. The van der Waals surface area contributed by atoms with Crippen LogP contribution in [0.1, 0.15) is 38.8 Å². The average Bonchev–Trinajstić information content (AvgIpc) is 2.85. The Morgan fingerprint density at radius 3 is 2.22 bits per heavy atom. The molecule has 0 atom stereocenters. The summed E-state index contributed by atoms with van der Waals surface area (Å²) in [7, 11) is -2.60. The second kappa shape index (κ2) is 11.1. The van der Waals surface area contributed by atoms with Gasteiger partial charge in [-0.3, -0.25) is 9.10 Å². The van der Waals surface area contributed by atoms with Crippen LogP contribution in [-0.2, 0) is 20.2 Å². The number of halogens is 1. The molecular formula is C27H30ClN3O4S.